The highest BCUT2D eigenvalue weighted by Gasteiger charge is 2.40. The minimum Gasteiger partial charge on any atom is -0.497 e. The summed E-state index contributed by atoms with van der Waals surface area (Å²) in [6.45, 7) is 2.74. The molecule has 2 heterocycles. The van der Waals surface area contributed by atoms with Gasteiger partial charge in [0.1, 0.15) is 11.5 Å². The van der Waals surface area contributed by atoms with E-state index in [1.54, 1.807) is 32.4 Å². The number of rotatable bonds is 3. The molecule has 2 aliphatic heterocycles. The number of fused-ring (bicyclic) bond motifs is 1. The van der Waals surface area contributed by atoms with Crippen LogP contribution in [0.3, 0.4) is 0 Å². The van der Waals surface area contributed by atoms with E-state index in [1.807, 2.05) is 4.90 Å². The van der Waals surface area contributed by atoms with Gasteiger partial charge in [0.2, 0.25) is 0 Å². The van der Waals surface area contributed by atoms with Crippen molar-refractivity contribution in [1.29, 1.82) is 0 Å². The highest BCUT2D eigenvalue weighted by molar-refractivity contribution is 5.97. The number of carbonyl (C=O) groups is 1. The number of nitrogens with one attached hydrogen (secondary N) is 1. The quantitative estimate of drug-likeness (QED) is 0.899. The van der Waals surface area contributed by atoms with E-state index in [0.717, 1.165) is 26.1 Å². The zero-order valence-corrected chi connectivity index (χ0v) is 11.9. The van der Waals surface area contributed by atoms with Gasteiger partial charge in [0.25, 0.3) is 5.91 Å². The zero-order chi connectivity index (χ0) is 14.1. The Balaban J connectivity index is 1.89. The average molecular weight is 276 g/mol. The molecule has 2 aliphatic rings. The monoisotopic (exact) mass is 276 g/mol. The summed E-state index contributed by atoms with van der Waals surface area (Å²) in [5, 5.41) is 3.36. The third kappa shape index (κ3) is 2.12. The molecule has 5 heteroatoms. The smallest absolute Gasteiger partial charge is 0.258 e. The van der Waals surface area contributed by atoms with Gasteiger partial charge in [-0.1, -0.05) is 0 Å². The third-order valence-electron chi connectivity index (χ3n) is 4.34. The van der Waals surface area contributed by atoms with Crippen LogP contribution in [0.1, 0.15) is 16.8 Å². The molecule has 1 aromatic carbocycles. The normalized spacial score (nSPS) is 24.6. The van der Waals surface area contributed by atoms with Crippen LogP contribution in [0.15, 0.2) is 18.2 Å². The maximum absolute atomic E-state index is 12.8. The largest absolute Gasteiger partial charge is 0.497 e. The first kappa shape index (κ1) is 13.2. The minimum atomic E-state index is 0.0388. The number of carbonyl (C=O) groups excluding carboxylic acids is 1. The SMILES string of the molecule is COc1ccc(OC)c(C(=O)N2CC[C@H]3CNC[C@H]32)c1. The Morgan fingerprint density at radius 2 is 2.15 bits per heavy atom. The van der Waals surface area contributed by atoms with Gasteiger partial charge >= 0.3 is 0 Å². The van der Waals surface area contributed by atoms with Gasteiger partial charge < -0.3 is 19.7 Å². The Hall–Kier alpha value is -1.75. The summed E-state index contributed by atoms with van der Waals surface area (Å²) in [7, 11) is 3.19. The highest BCUT2D eigenvalue weighted by atomic mass is 16.5. The topological polar surface area (TPSA) is 50.8 Å². The first-order chi connectivity index (χ1) is 9.74. The van der Waals surface area contributed by atoms with Crippen LogP contribution in [0, 0.1) is 5.92 Å². The molecule has 3 rings (SSSR count). The lowest BCUT2D eigenvalue weighted by atomic mass is 10.0. The van der Waals surface area contributed by atoms with E-state index in [0.29, 0.717) is 29.0 Å². The van der Waals surface area contributed by atoms with Crippen LogP contribution in [0.2, 0.25) is 0 Å². The molecule has 108 valence electrons. The second-order valence-electron chi connectivity index (χ2n) is 5.34. The van der Waals surface area contributed by atoms with Crippen molar-refractivity contribution in [2.24, 2.45) is 5.92 Å². The maximum atomic E-state index is 12.8. The van der Waals surface area contributed by atoms with Crippen LogP contribution in [0.5, 0.6) is 11.5 Å². The van der Waals surface area contributed by atoms with Crippen molar-refractivity contribution in [2.45, 2.75) is 12.5 Å². The predicted molar refractivity (Wildman–Crippen MR) is 75.3 cm³/mol. The molecular formula is C15H20N2O3. The summed E-state index contributed by atoms with van der Waals surface area (Å²) in [4.78, 5) is 14.8. The van der Waals surface area contributed by atoms with E-state index in [4.69, 9.17) is 9.47 Å². The van der Waals surface area contributed by atoms with Crippen LogP contribution in [0.4, 0.5) is 0 Å². The maximum Gasteiger partial charge on any atom is 0.258 e. The number of hydrogen-bond acceptors (Lipinski definition) is 4. The molecule has 2 atom stereocenters. The van der Waals surface area contributed by atoms with E-state index < -0.39 is 0 Å². The summed E-state index contributed by atoms with van der Waals surface area (Å²) in [5.41, 5.74) is 0.583. The van der Waals surface area contributed by atoms with Crippen LogP contribution < -0.4 is 14.8 Å². The fraction of sp³-hybridized carbons (Fsp3) is 0.533. The van der Waals surface area contributed by atoms with Crippen LogP contribution in [-0.4, -0.2) is 50.7 Å². The van der Waals surface area contributed by atoms with Crippen molar-refractivity contribution >= 4 is 5.91 Å². The number of hydrogen-bond donors (Lipinski definition) is 1. The average Bonchev–Trinajstić information content (AvgIpc) is 3.08. The van der Waals surface area contributed by atoms with E-state index in [1.165, 1.54) is 0 Å². The first-order valence-corrected chi connectivity index (χ1v) is 6.98. The van der Waals surface area contributed by atoms with Gasteiger partial charge in [-0.15, -0.1) is 0 Å². The molecule has 0 bridgehead atoms. The Bertz CT molecular complexity index is 518. The Kier molecular flexibility index (Phi) is 3.53. The molecule has 0 saturated carbocycles. The molecule has 2 fully saturated rings. The van der Waals surface area contributed by atoms with Crippen molar-refractivity contribution < 1.29 is 14.3 Å². The number of likely N-dealkylation sites (tertiary alicyclic amines) is 1. The van der Waals surface area contributed by atoms with Gasteiger partial charge in [0.05, 0.1) is 19.8 Å². The molecule has 0 aromatic heterocycles. The van der Waals surface area contributed by atoms with Crippen LogP contribution >= 0.6 is 0 Å². The number of methoxy groups -OCH3 is 2. The zero-order valence-electron chi connectivity index (χ0n) is 11.9. The fourth-order valence-corrected chi connectivity index (χ4v) is 3.24. The number of nitrogens with zero attached hydrogens (tertiary/aromatic N) is 1. The van der Waals surface area contributed by atoms with Crippen LogP contribution in [0.25, 0.3) is 0 Å². The Morgan fingerprint density at radius 1 is 1.30 bits per heavy atom. The number of benzene rings is 1. The van der Waals surface area contributed by atoms with E-state index >= 15 is 0 Å². The van der Waals surface area contributed by atoms with Gasteiger partial charge in [-0.25, -0.2) is 0 Å². The van der Waals surface area contributed by atoms with Gasteiger partial charge in [0.15, 0.2) is 0 Å². The lowest BCUT2D eigenvalue weighted by Gasteiger charge is -2.24. The summed E-state index contributed by atoms with van der Waals surface area (Å²) in [5.74, 6) is 1.91. The lowest BCUT2D eigenvalue weighted by Crippen LogP contribution is -2.39. The Morgan fingerprint density at radius 3 is 2.90 bits per heavy atom. The minimum absolute atomic E-state index is 0.0388. The second kappa shape index (κ2) is 5.32. The van der Waals surface area contributed by atoms with E-state index in [9.17, 15) is 4.79 Å². The van der Waals surface area contributed by atoms with Crippen molar-refractivity contribution in [3.63, 3.8) is 0 Å². The van der Waals surface area contributed by atoms with Crippen molar-refractivity contribution in [3.05, 3.63) is 23.8 Å². The first-order valence-electron chi connectivity index (χ1n) is 6.98. The lowest BCUT2D eigenvalue weighted by molar-refractivity contribution is 0.0733. The van der Waals surface area contributed by atoms with E-state index in [-0.39, 0.29) is 5.91 Å². The second-order valence-corrected chi connectivity index (χ2v) is 5.34. The van der Waals surface area contributed by atoms with Gasteiger partial charge in [-0.3, -0.25) is 4.79 Å². The van der Waals surface area contributed by atoms with Crippen molar-refractivity contribution in [1.82, 2.24) is 10.2 Å². The molecule has 20 heavy (non-hydrogen) atoms. The standard InChI is InChI=1S/C15H20N2O3/c1-19-11-3-4-14(20-2)12(7-11)15(18)17-6-5-10-8-16-9-13(10)17/h3-4,7,10,13,16H,5-6,8-9H2,1-2H3/t10-,13+/m0/s1. The third-order valence-corrected chi connectivity index (χ3v) is 4.34. The van der Waals surface area contributed by atoms with Crippen LogP contribution in [-0.2, 0) is 0 Å². The number of ether oxygens (including phenoxy) is 2. The molecule has 2 saturated heterocycles. The molecule has 1 amide bonds. The van der Waals surface area contributed by atoms with Crippen molar-refractivity contribution in [3.8, 4) is 11.5 Å². The molecule has 0 spiro atoms. The molecule has 1 aromatic rings. The fourth-order valence-electron chi connectivity index (χ4n) is 3.24. The Labute approximate surface area is 118 Å². The predicted octanol–water partition coefficient (Wildman–Crippen LogP) is 1.14. The summed E-state index contributed by atoms with van der Waals surface area (Å²) in [6.07, 6.45) is 1.08. The van der Waals surface area contributed by atoms with Gasteiger partial charge in [0, 0.05) is 25.7 Å². The number of amides is 1. The van der Waals surface area contributed by atoms with Crippen molar-refractivity contribution in [2.75, 3.05) is 33.9 Å². The molecule has 5 nitrogen and oxygen atoms in total. The highest BCUT2D eigenvalue weighted by Crippen LogP contribution is 2.32. The summed E-state index contributed by atoms with van der Waals surface area (Å²) < 4.78 is 10.5. The molecular weight excluding hydrogens is 256 g/mol. The summed E-state index contributed by atoms with van der Waals surface area (Å²) in [6, 6.07) is 5.67. The molecule has 1 N–H and O–H groups in total. The molecule has 0 unspecified atom stereocenters. The van der Waals surface area contributed by atoms with Gasteiger partial charge in [-0.05, 0) is 30.5 Å². The van der Waals surface area contributed by atoms with Gasteiger partial charge in [-0.2, -0.15) is 0 Å². The summed E-state index contributed by atoms with van der Waals surface area (Å²) >= 11 is 0. The molecule has 0 aliphatic carbocycles. The van der Waals surface area contributed by atoms with E-state index in [2.05, 4.69) is 5.32 Å². The molecule has 0 radical (unpaired) electrons.